The van der Waals surface area contributed by atoms with Gasteiger partial charge in [0.15, 0.2) is 0 Å². The lowest BCUT2D eigenvalue weighted by Crippen LogP contribution is -2.47. The van der Waals surface area contributed by atoms with Crippen LogP contribution in [-0.4, -0.2) is 50.8 Å². The third kappa shape index (κ3) is 2.97. The summed E-state index contributed by atoms with van der Waals surface area (Å²) in [4.78, 5) is 24.2. The molecule has 0 radical (unpaired) electrons. The van der Waals surface area contributed by atoms with Gasteiger partial charge in [-0.05, 0) is 36.2 Å². The lowest BCUT2D eigenvalue weighted by atomic mass is 10.1. The summed E-state index contributed by atoms with van der Waals surface area (Å²) in [6.07, 6.45) is 3.20. The molecular weight excluding hydrogens is 396 g/mol. The molecule has 2 unspecified atom stereocenters. The van der Waals surface area contributed by atoms with Crippen molar-refractivity contribution in [3.8, 4) is 10.9 Å². The molecule has 6 rings (SSSR count). The van der Waals surface area contributed by atoms with Crippen molar-refractivity contribution in [1.29, 1.82) is 0 Å². The highest BCUT2D eigenvalue weighted by molar-refractivity contribution is 7.20. The second kappa shape index (κ2) is 6.82. The van der Waals surface area contributed by atoms with Crippen LogP contribution in [0.15, 0.2) is 48.7 Å². The number of aromatic amines is 1. The van der Waals surface area contributed by atoms with Gasteiger partial charge in [0.1, 0.15) is 5.75 Å². The first kappa shape index (κ1) is 17.9. The first-order chi connectivity index (χ1) is 14.6. The Morgan fingerprint density at radius 3 is 2.93 bits per heavy atom. The number of thiazole rings is 1. The number of piperazine rings is 1. The van der Waals surface area contributed by atoms with Crippen molar-refractivity contribution in [1.82, 2.24) is 19.8 Å². The van der Waals surface area contributed by atoms with Gasteiger partial charge in [-0.3, -0.25) is 9.69 Å². The molecule has 1 amide bonds. The number of hydrogen-bond donors (Lipinski definition) is 1. The van der Waals surface area contributed by atoms with Crippen LogP contribution in [0.25, 0.3) is 21.1 Å². The number of nitrogens with zero attached hydrogens (tertiary/aromatic N) is 3. The van der Waals surface area contributed by atoms with Crippen molar-refractivity contribution < 1.29 is 9.53 Å². The molecule has 0 spiro atoms. The minimum absolute atomic E-state index is 0.204. The standard InChI is InChI=1S/C23H22N4O2S/c1-14(28)27-13-16-8-17(27)12-26(16)11-15-10-24-21-9-18(6-7-19(15)21)29-23-25-20-4-2-3-5-22(20)30-23/h2-7,9-10,16-17,24H,8,11-13H2,1H3. The number of para-hydroxylation sites is 1. The fraction of sp³-hybridized carbons (Fsp3) is 0.304. The predicted octanol–water partition coefficient (Wildman–Crippen LogP) is 4.37. The monoisotopic (exact) mass is 418 g/mol. The van der Waals surface area contributed by atoms with E-state index < -0.39 is 0 Å². The SMILES string of the molecule is CC(=O)N1CC2CC1CN2Cc1c[nH]c2cc(Oc3nc4ccccc4s3)ccc12. The van der Waals surface area contributed by atoms with E-state index in [1.165, 1.54) is 10.9 Å². The molecule has 2 aliphatic rings. The van der Waals surface area contributed by atoms with Crippen molar-refractivity contribution >= 4 is 38.4 Å². The minimum atomic E-state index is 0.204. The molecule has 2 bridgehead atoms. The van der Waals surface area contributed by atoms with Crippen LogP contribution >= 0.6 is 11.3 Å². The lowest BCUT2D eigenvalue weighted by Gasteiger charge is -2.33. The second-order valence-corrected chi connectivity index (χ2v) is 9.21. The van der Waals surface area contributed by atoms with Crippen LogP contribution in [-0.2, 0) is 11.3 Å². The second-order valence-electron chi connectivity index (χ2n) is 8.22. The highest BCUT2D eigenvalue weighted by atomic mass is 32.1. The Morgan fingerprint density at radius 1 is 1.23 bits per heavy atom. The third-order valence-corrected chi connectivity index (χ3v) is 7.26. The largest absolute Gasteiger partial charge is 0.431 e. The summed E-state index contributed by atoms with van der Waals surface area (Å²) >= 11 is 1.55. The number of amides is 1. The molecule has 1 N–H and O–H groups in total. The van der Waals surface area contributed by atoms with Crippen molar-refractivity contribution in [2.75, 3.05) is 13.1 Å². The van der Waals surface area contributed by atoms with E-state index in [2.05, 4.69) is 33.2 Å². The number of rotatable bonds is 4. The number of carbonyl (C=O) groups is 1. The number of nitrogens with one attached hydrogen (secondary N) is 1. The predicted molar refractivity (Wildman–Crippen MR) is 118 cm³/mol. The van der Waals surface area contributed by atoms with Gasteiger partial charge < -0.3 is 14.6 Å². The van der Waals surface area contributed by atoms with Crippen molar-refractivity contribution in [3.63, 3.8) is 0 Å². The van der Waals surface area contributed by atoms with E-state index in [-0.39, 0.29) is 5.91 Å². The van der Waals surface area contributed by atoms with Crippen molar-refractivity contribution in [2.24, 2.45) is 0 Å². The van der Waals surface area contributed by atoms with Crippen molar-refractivity contribution in [2.45, 2.75) is 32.0 Å². The molecule has 2 saturated heterocycles. The van der Waals surface area contributed by atoms with E-state index in [4.69, 9.17) is 4.74 Å². The van der Waals surface area contributed by atoms with Crippen LogP contribution in [0, 0.1) is 0 Å². The zero-order valence-corrected chi connectivity index (χ0v) is 17.5. The van der Waals surface area contributed by atoms with Gasteiger partial charge in [0.2, 0.25) is 5.91 Å². The van der Waals surface area contributed by atoms with Gasteiger partial charge in [0.05, 0.1) is 10.2 Å². The van der Waals surface area contributed by atoms with Crippen LogP contribution in [0.1, 0.15) is 18.9 Å². The zero-order valence-electron chi connectivity index (χ0n) is 16.7. The van der Waals surface area contributed by atoms with E-state index in [1.54, 1.807) is 18.3 Å². The Morgan fingerprint density at radius 2 is 2.13 bits per heavy atom. The summed E-state index contributed by atoms with van der Waals surface area (Å²) < 4.78 is 7.15. The maximum atomic E-state index is 11.7. The first-order valence-electron chi connectivity index (χ1n) is 10.3. The van der Waals surface area contributed by atoms with E-state index in [0.29, 0.717) is 17.3 Å². The molecule has 2 aliphatic heterocycles. The Kier molecular flexibility index (Phi) is 4.07. The van der Waals surface area contributed by atoms with Crippen molar-refractivity contribution in [3.05, 3.63) is 54.2 Å². The normalized spacial score (nSPS) is 21.2. The average Bonchev–Trinajstić information content (AvgIpc) is 3.50. The molecule has 30 heavy (non-hydrogen) atoms. The van der Waals surface area contributed by atoms with Gasteiger partial charge in [-0.1, -0.05) is 23.5 Å². The summed E-state index contributed by atoms with van der Waals surface area (Å²) in [5, 5.41) is 1.88. The van der Waals surface area contributed by atoms with Crippen LogP contribution in [0.3, 0.4) is 0 Å². The molecule has 4 aromatic rings. The Balaban J connectivity index is 1.20. The lowest BCUT2D eigenvalue weighted by molar-refractivity contribution is -0.131. The number of benzene rings is 2. The maximum absolute atomic E-state index is 11.7. The third-order valence-electron chi connectivity index (χ3n) is 6.35. The van der Waals surface area contributed by atoms with Gasteiger partial charge in [-0.15, -0.1) is 0 Å². The molecule has 2 atom stereocenters. The molecule has 2 aromatic carbocycles. The van der Waals surface area contributed by atoms with Gasteiger partial charge in [-0.2, -0.15) is 0 Å². The maximum Gasteiger partial charge on any atom is 0.279 e. The zero-order chi connectivity index (χ0) is 20.2. The Hall–Kier alpha value is -2.90. The van der Waals surface area contributed by atoms with E-state index in [1.807, 2.05) is 35.2 Å². The summed E-state index contributed by atoms with van der Waals surface area (Å²) in [6, 6.07) is 15.1. The number of ether oxygens (including phenoxy) is 1. The summed E-state index contributed by atoms with van der Waals surface area (Å²) in [6.45, 7) is 4.42. The van der Waals surface area contributed by atoms with Gasteiger partial charge in [0.25, 0.3) is 5.19 Å². The highest BCUT2D eigenvalue weighted by Gasteiger charge is 2.44. The van der Waals surface area contributed by atoms with Gasteiger partial charge in [0, 0.05) is 61.8 Å². The van der Waals surface area contributed by atoms with E-state index >= 15 is 0 Å². The summed E-state index contributed by atoms with van der Waals surface area (Å²) in [5.41, 5.74) is 3.32. The smallest absolute Gasteiger partial charge is 0.279 e. The summed E-state index contributed by atoms with van der Waals surface area (Å²) in [7, 11) is 0. The summed E-state index contributed by atoms with van der Waals surface area (Å²) in [5.74, 6) is 0.988. The minimum Gasteiger partial charge on any atom is -0.431 e. The topological polar surface area (TPSA) is 61.5 Å². The van der Waals surface area contributed by atoms with Gasteiger partial charge in [-0.25, -0.2) is 4.98 Å². The van der Waals surface area contributed by atoms with Crippen LogP contribution in [0.5, 0.6) is 10.9 Å². The molecular formula is C23H22N4O2S. The number of aromatic nitrogens is 2. The average molecular weight is 419 g/mol. The Bertz CT molecular complexity index is 1230. The van der Waals surface area contributed by atoms with Crippen LogP contribution < -0.4 is 4.74 Å². The number of carbonyl (C=O) groups excluding carboxylic acids is 1. The highest BCUT2D eigenvalue weighted by Crippen LogP contribution is 2.35. The van der Waals surface area contributed by atoms with E-state index in [9.17, 15) is 4.79 Å². The first-order valence-corrected chi connectivity index (χ1v) is 11.1. The molecule has 152 valence electrons. The molecule has 2 aromatic heterocycles. The van der Waals surface area contributed by atoms with Gasteiger partial charge >= 0.3 is 0 Å². The number of likely N-dealkylation sites (tertiary alicyclic amines) is 2. The fourth-order valence-corrected chi connectivity index (χ4v) is 5.74. The molecule has 2 fully saturated rings. The van der Waals surface area contributed by atoms with Crippen LogP contribution in [0.2, 0.25) is 0 Å². The molecule has 7 heteroatoms. The Labute approximate surface area is 178 Å². The number of H-pyrrole nitrogens is 1. The number of hydrogen-bond acceptors (Lipinski definition) is 5. The van der Waals surface area contributed by atoms with E-state index in [0.717, 1.165) is 47.5 Å². The quantitative estimate of drug-likeness (QED) is 0.534. The number of fused-ring (bicyclic) bond motifs is 4. The molecule has 6 nitrogen and oxygen atoms in total. The molecule has 0 aliphatic carbocycles. The fourth-order valence-electron chi connectivity index (χ4n) is 4.90. The molecule has 0 saturated carbocycles. The van der Waals surface area contributed by atoms with Crippen LogP contribution in [0.4, 0.5) is 0 Å². The molecule has 4 heterocycles.